The SMILES string of the molecule is CN(CCN)C(=O)c1cn[nH]c1. The summed E-state index contributed by atoms with van der Waals surface area (Å²) in [6, 6.07) is 0. The zero-order chi connectivity index (χ0) is 8.97. The number of carbonyl (C=O) groups is 1. The first-order valence-corrected chi connectivity index (χ1v) is 3.70. The summed E-state index contributed by atoms with van der Waals surface area (Å²) in [6.07, 6.45) is 3.06. The molecule has 1 heterocycles. The van der Waals surface area contributed by atoms with Crippen LogP contribution in [0.25, 0.3) is 0 Å². The first-order valence-electron chi connectivity index (χ1n) is 3.70. The van der Waals surface area contributed by atoms with E-state index in [-0.39, 0.29) is 5.91 Å². The third-order valence-electron chi connectivity index (χ3n) is 1.56. The summed E-state index contributed by atoms with van der Waals surface area (Å²) in [5, 5.41) is 6.26. The van der Waals surface area contributed by atoms with Crippen LogP contribution in [-0.4, -0.2) is 41.1 Å². The van der Waals surface area contributed by atoms with Crippen molar-refractivity contribution in [3.8, 4) is 0 Å². The Morgan fingerprint density at radius 3 is 3.08 bits per heavy atom. The minimum Gasteiger partial charge on any atom is -0.340 e. The van der Waals surface area contributed by atoms with Crippen molar-refractivity contribution in [2.45, 2.75) is 0 Å². The molecule has 0 aliphatic heterocycles. The van der Waals surface area contributed by atoms with Crippen LogP contribution in [0, 0.1) is 0 Å². The van der Waals surface area contributed by atoms with E-state index in [2.05, 4.69) is 10.2 Å². The van der Waals surface area contributed by atoms with Crippen molar-refractivity contribution >= 4 is 5.91 Å². The Labute approximate surface area is 70.5 Å². The Hall–Kier alpha value is -1.36. The molecule has 12 heavy (non-hydrogen) atoms. The Morgan fingerprint density at radius 2 is 2.58 bits per heavy atom. The van der Waals surface area contributed by atoms with Crippen molar-refractivity contribution in [2.75, 3.05) is 20.1 Å². The number of rotatable bonds is 3. The largest absolute Gasteiger partial charge is 0.340 e. The molecule has 0 saturated heterocycles. The predicted molar refractivity (Wildman–Crippen MR) is 44.6 cm³/mol. The number of hydrogen-bond donors (Lipinski definition) is 2. The Morgan fingerprint density at radius 1 is 1.83 bits per heavy atom. The summed E-state index contributed by atoms with van der Waals surface area (Å²) in [7, 11) is 1.71. The highest BCUT2D eigenvalue weighted by Gasteiger charge is 2.10. The molecule has 0 saturated carbocycles. The van der Waals surface area contributed by atoms with E-state index in [1.165, 1.54) is 6.20 Å². The first kappa shape index (κ1) is 8.73. The van der Waals surface area contributed by atoms with Crippen LogP contribution in [0.1, 0.15) is 10.4 Å². The normalized spacial score (nSPS) is 9.83. The molecule has 0 spiro atoms. The fourth-order valence-electron chi connectivity index (χ4n) is 0.883. The average molecular weight is 168 g/mol. The van der Waals surface area contributed by atoms with Gasteiger partial charge in [-0.3, -0.25) is 9.89 Å². The van der Waals surface area contributed by atoms with Gasteiger partial charge in [-0.2, -0.15) is 5.10 Å². The molecule has 0 bridgehead atoms. The molecule has 0 aromatic carbocycles. The predicted octanol–water partition coefficient (Wildman–Crippen LogP) is -0.560. The van der Waals surface area contributed by atoms with E-state index >= 15 is 0 Å². The summed E-state index contributed by atoms with van der Waals surface area (Å²) in [6.45, 7) is 1.03. The van der Waals surface area contributed by atoms with Crippen molar-refractivity contribution in [1.29, 1.82) is 0 Å². The van der Waals surface area contributed by atoms with Gasteiger partial charge in [0.25, 0.3) is 5.91 Å². The zero-order valence-corrected chi connectivity index (χ0v) is 6.95. The summed E-state index contributed by atoms with van der Waals surface area (Å²) in [5.74, 6) is -0.0609. The number of likely N-dealkylation sites (N-methyl/N-ethyl adjacent to an activating group) is 1. The minimum atomic E-state index is -0.0609. The van der Waals surface area contributed by atoms with E-state index in [9.17, 15) is 4.79 Å². The van der Waals surface area contributed by atoms with Gasteiger partial charge in [-0.05, 0) is 0 Å². The molecule has 0 fully saturated rings. The quantitative estimate of drug-likeness (QED) is 0.635. The number of H-pyrrole nitrogens is 1. The molecule has 66 valence electrons. The minimum absolute atomic E-state index is 0.0609. The lowest BCUT2D eigenvalue weighted by molar-refractivity contribution is 0.0799. The van der Waals surface area contributed by atoms with E-state index in [0.717, 1.165) is 0 Å². The van der Waals surface area contributed by atoms with Gasteiger partial charge in [0.05, 0.1) is 11.8 Å². The smallest absolute Gasteiger partial charge is 0.256 e. The molecule has 3 N–H and O–H groups in total. The number of nitrogens with zero attached hydrogens (tertiary/aromatic N) is 2. The van der Waals surface area contributed by atoms with Crippen molar-refractivity contribution in [3.63, 3.8) is 0 Å². The number of carbonyl (C=O) groups excluding carboxylic acids is 1. The number of nitrogens with one attached hydrogen (secondary N) is 1. The molecule has 0 atom stereocenters. The van der Waals surface area contributed by atoms with E-state index in [1.807, 2.05) is 0 Å². The second-order valence-corrected chi connectivity index (χ2v) is 2.50. The molecule has 1 rings (SSSR count). The van der Waals surface area contributed by atoms with Crippen LogP contribution in [0.3, 0.4) is 0 Å². The topological polar surface area (TPSA) is 75.0 Å². The Kier molecular flexibility index (Phi) is 2.82. The van der Waals surface area contributed by atoms with Crippen LogP contribution in [-0.2, 0) is 0 Å². The molecule has 0 aliphatic carbocycles. The van der Waals surface area contributed by atoms with Crippen LogP contribution in [0.2, 0.25) is 0 Å². The fraction of sp³-hybridized carbons (Fsp3) is 0.429. The lowest BCUT2D eigenvalue weighted by Crippen LogP contribution is -2.31. The first-order chi connectivity index (χ1) is 5.75. The lowest BCUT2D eigenvalue weighted by atomic mass is 10.3. The number of amides is 1. The van der Waals surface area contributed by atoms with Crippen molar-refractivity contribution in [3.05, 3.63) is 18.0 Å². The third kappa shape index (κ3) is 1.82. The molecule has 0 radical (unpaired) electrons. The van der Waals surface area contributed by atoms with Crippen molar-refractivity contribution in [1.82, 2.24) is 15.1 Å². The molecule has 1 amide bonds. The van der Waals surface area contributed by atoms with Gasteiger partial charge in [-0.1, -0.05) is 0 Å². The maximum Gasteiger partial charge on any atom is 0.256 e. The highest BCUT2D eigenvalue weighted by Crippen LogP contribution is 1.98. The van der Waals surface area contributed by atoms with Crippen molar-refractivity contribution in [2.24, 2.45) is 5.73 Å². The summed E-state index contributed by atoms with van der Waals surface area (Å²) in [5.41, 5.74) is 5.86. The summed E-state index contributed by atoms with van der Waals surface area (Å²) < 4.78 is 0. The highest BCUT2D eigenvalue weighted by molar-refractivity contribution is 5.93. The number of nitrogens with two attached hydrogens (primary N) is 1. The molecule has 1 aromatic heterocycles. The van der Waals surface area contributed by atoms with Crippen LogP contribution >= 0.6 is 0 Å². The zero-order valence-electron chi connectivity index (χ0n) is 6.95. The average Bonchev–Trinajstić information content (AvgIpc) is 2.55. The van der Waals surface area contributed by atoms with Crippen LogP contribution < -0.4 is 5.73 Å². The van der Waals surface area contributed by atoms with E-state index in [0.29, 0.717) is 18.7 Å². The van der Waals surface area contributed by atoms with Crippen LogP contribution in [0.15, 0.2) is 12.4 Å². The highest BCUT2D eigenvalue weighted by atomic mass is 16.2. The van der Waals surface area contributed by atoms with Gasteiger partial charge in [0, 0.05) is 26.3 Å². The molecular weight excluding hydrogens is 156 g/mol. The van der Waals surface area contributed by atoms with Gasteiger partial charge in [0.2, 0.25) is 0 Å². The molecule has 0 aliphatic rings. The molecular formula is C7H12N4O. The third-order valence-corrected chi connectivity index (χ3v) is 1.56. The number of aromatic nitrogens is 2. The van der Waals surface area contributed by atoms with Crippen LogP contribution in [0.5, 0.6) is 0 Å². The summed E-state index contributed by atoms with van der Waals surface area (Å²) in [4.78, 5) is 13.0. The van der Waals surface area contributed by atoms with E-state index < -0.39 is 0 Å². The van der Waals surface area contributed by atoms with Gasteiger partial charge < -0.3 is 10.6 Å². The standard InChI is InChI=1S/C7H12N4O/c1-11(3-2-8)7(12)6-4-9-10-5-6/h4-5H,2-3,8H2,1H3,(H,9,10). The molecule has 1 aromatic rings. The van der Waals surface area contributed by atoms with Gasteiger partial charge in [-0.15, -0.1) is 0 Å². The van der Waals surface area contributed by atoms with E-state index in [4.69, 9.17) is 5.73 Å². The second-order valence-electron chi connectivity index (χ2n) is 2.50. The Bertz CT molecular complexity index is 244. The maximum atomic E-state index is 11.4. The molecule has 5 nitrogen and oxygen atoms in total. The van der Waals surface area contributed by atoms with Crippen molar-refractivity contribution < 1.29 is 4.79 Å². The second kappa shape index (κ2) is 3.87. The number of hydrogen-bond acceptors (Lipinski definition) is 3. The maximum absolute atomic E-state index is 11.4. The van der Waals surface area contributed by atoms with Gasteiger partial charge >= 0.3 is 0 Å². The molecule has 0 unspecified atom stereocenters. The van der Waals surface area contributed by atoms with Crippen LogP contribution in [0.4, 0.5) is 0 Å². The molecule has 5 heteroatoms. The van der Waals surface area contributed by atoms with Gasteiger partial charge in [-0.25, -0.2) is 0 Å². The monoisotopic (exact) mass is 168 g/mol. The fourth-order valence-corrected chi connectivity index (χ4v) is 0.883. The summed E-state index contributed by atoms with van der Waals surface area (Å²) >= 11 is 0. The Balaban J connectivity index is 2.59. The number of aromatic amines is 1. The lowest BCUT2D eigenvalue weighted by Gasteiger charge is -2.13. The van der Waals surface area contributed by atoms with E-state index in [1.54, 1.807) is 18.1 Å². The van der Waals surface area contributed by atoms with Gasteiger partial charge in [0.15, 0.2) is 0 Å². The van der Waals surface area contributed by atoms with Gasteiger partial charge in [0.1, 0.15) is 0 Å².